The molecule has 7 nitrogen and oxygen atoms in total. The van der Waals surface area contributed by atoms with Gasteiger partial charge in [-0.15, -0.1) is 11.8 Å². The maximum absolute atomic E-state index is 13.9. The summed E-state index contributed by atoms with van der Waals surface area (Å²) in [5, 5.41) is 16.0. The quantitative estimate of drug-likeness (QED) is 0.484. The molecule has 1 aromatic carbocycles. The van der Waals surface area contributed by atoms with Crippen LogP contribution in [0.1, 0.15) is 31.4 Å². The summed E-state index contributed by atoms with van der Waals surface area (Å²) in [6.45, 7) is 7.54. The summed E-state index contributed by atoms with van der Waals surface area (Å²) in [6, 6.07) is 4.59. The molecule has 0 aliphatic carbocycles. The summed E-state index contributed by atoms with van der Waals surface area (Å²) in [6.07, 6.45) is 0.615. The summed E-state index contributed by atoms with van der Waals surface area (Å²) in [4.78, 5) is 42.4. The van der Waals surface area contributed by atoms with Crippen molar-refractivity contribution in [1.29, 1.82) is 0 Å². The molecule has 1 aromatic rings. The van der Waals surface area contributed by atoms with Crippen LogP contribution in [0.5, 0.6) is 0 Å². The van der Waals surface area contributed by atoms with Crippen LogP contribution >= 0.6 is 27.7 Å². The average Bonchev–Trinajstić information content (AvgIpc) is 3.34. The highest BCUT2D eigenvalue weighted by Gasteiger charge is 2.76. The van der Waals surface area contributed by atoms with Crippen molar-refractivity contribution in [2.24, 2.45) is 17.8 Å². The molecule has 3 N–H and O–H groups in total. The molecule has 3 unspecified atom stereocenters. The largest absolute Gasteiger partial charge is 0.394 e. The highest BCUT2D eigenvalue weighted by molar-refractivity contribution is 9.09. The van der Waals surface area contributed by atoms with Gasteiger partial charge in [0.2, 0.25) is 17.7 Å². The third-order valence-corrected chi connectivity index (χ3v) is 10.7. The fourth-order valence-electron chi connectivity index (χ4n) is 5.88. The van der Waals surface area contributed by atoms with Crippen LogP contribution in [-0.4, -0.2) is 68.3 Å². The molecule has 3 aliphatic heterocycles. The molecule has 9 heteroatoms. The highest BCUT2D eigenvalue weighted by Crippen LogP contribution is 2.68. The SMILES string of the molecule is CNC(=O)[C@H]1[C@H]2C(=O)N([C@@H](CO)C(C)C)C(C(=O)Nc3cc(C)ccc3C)C23CC(Br)[C@@H]1S3. The number of hydrogen-bond donors (Lipinski definition) is 3. The predicted octanol–water partition coefficient (Wildman–Crippen LogP) is 2.47. The first-order valence-electron chi connectivity index (χ1n) is 11.4. The molecule has 7 atom stereocenters. The Kier molecular flexibility index (Phi) is 6.61. The molecule has 3 heterocycles. The average molecular weight is 539 g/mol. The molecular formula is C24H32BrN3O4S. The lowest BCUT2D eigenvalue weighted by molar-refractivity contribution is -0.142. The molecule has 3 saturated heterocycles. The van der Waals surface area contributed by atoms with E-state index in [1.54, 1.807) is 23.7 Å². The number of nitrogens with one attached hydrogen (secondary N) is 2. The van der Waals surface area contributed by atoms with Crippen LogP contribution in [0, 0.1) is 31.6 Å². The van der Waals surface area contributed by atoms with Gasteiger partial charge in [-0.1, -0.05) is 41.9 Å². The molecule has 33 heavy (non-hydrogen) atoms. The number of likely N-dealkylation sites (tertiary alicyclic amines) is 1. The molecule has 0 aromatic heterocycles. The smallest absolute Gasteiger partial charge is 0.248 e. The van der Waals surface area contributed by atoms with Gasteiger partial charge < -0.3 is 20.6 Å². The number of halogens is 1. The van der Waals surface area contributed by atoms with Gasteiger partial charge in [-0.3, -0.25) is 14.4 Å². The van der Waals surface area contributed by atoms with E-state index in [9.17, 15) is 19.5 Å². The van der Waals surface area contributed by atoms with Crippen molar-refractivity contribution in [2.75, 3.05) is 19.0 Å². The first-order chi connectivity index (χ1) is 15.6. The minimum atomic E-state index is -0.779. The number of alkyl halides is 1. The third kappa shape index (κ3) is 3.71. The normalized spacial score (nSPS) is 33.4. The highest BCUT2D eigenvalue weighted by atomic mass is 79.9. The van der Waals surface area contributed by atoms with E-state index in [0.29, 0.717) is 12.1 Å². The maximum Gasteiger partial charge on any atom is 0.248 e. The number of carbonyl (C=O) groups excluding carboxylic acids is 3. The predicted molar refractivity (Wildman–Crippen MR) is 133 cm³/mol. The first kappa shape index (κ1) is 24.5. The van der Waals surface area contributed by atoms with Crippen molar-refractivity contribution < 1.29 is 19.5 Å². The number of benzene rings is 1. The van der Waals surface area contributed by atoms with Crippen molar-refractivity contribution in [3.05, 3.63) is 29.3 Å². The van der Waals surface area contributed by atoms with E-state index in [1.165, 1.54) is 0 Å². The van der Waals surface area contributed by atoms with E-state index in [-0.39, 0.29) is 40.3 Å². The molecule has 4 rings (SSSR count). The van der Waals surface area contributed by atoms with E-state index >= 15 is 0 Å². The summed E-state index contributed by atoms with van der Waals surface area (Å²) in [7, 11) is 1.58. The molecule has 3 amide bonds. The fourth-order valence-corrected chi connectivity index (χ4v) is 9.48. The van der Waals surface area contributed by atoms with Crippen LogP contribution in [0.15, 0.2) is 18.2 Å². The Labute approximate surface area is 207 Å². The van der Waals surface area contributed by atoms with Gasteiger partial charge >= 0.3 is 0 Å². The molecule has 1 spiro atoms. The minimum absolute atomic E-state index is 0.0245. The molecule has 0 saturated carbocycles. The zero-order valence-corrected chi connectivity index (χ0v) is 22.0. The first-order valence-corrected chi connectivity index (χ1v) is 13.2. The van der Waals surface area contributed by atoms with Crippen LogP contribution in [0.2, 0.25) is 0 Å². The van der Waals surface area contributed by atoms with Gasteiger partial charge in [-0.25, -0.2) is 0 Å². The van der Waals surface area contributed by atoms with Crippen LogP contribution in [-0.2, 0) is 14.4 Å². The number of carbonyl (C=O) groups is 3. The van der Waals surface area contributed by atoms with E-state index in [0.717, 1.165) is 11.1 Å². The molecule has 3 aliphatic rings. The van der Waals surface area contributed by atoms with Gasteiger partial charge in [-0.05, 0) is 43.4 Å². The lowest BCUT2D eigenvalue weighted by atomic mass is 9.70. The Morgan fingerprint density at radius 2 is 2.00 bits per heavy atom. The fraction of sp³-hybridized carbons (Fsp3) is 0.625. The topological polar surface area (TPSA) is 98.7 Å². The van der Waals surface area contributed by atoms with Crippen molar-refractivity contribution in [2.45, 2.75) is 61.0 Å². The number of amides is 3. The van der Waals surface area contributed by atoms with Gasteiger partial charge in [0, 0.05) is 22.8 Å². The summed E-state index contributed by atoms with van der Waals surface area (Å²) in [5.41, 5.74) is 2.68. The van der Waals surface area contributed by atoms with Gasteiger partial charge in [0.25, 0.3) is 0 Å². The number of aliphatic hydroxyl groups excluding tert-OH is 1. The second-order valence-electron chi connectivity index (χ2n) is 9.82. The maximum atomic E-state index is 13.9. The van der Waals surface area contributed by atoms with Crippen molar-refractivity contribution >= 4 is 51.1 Å². The second kappa shape index (κ2) is 8.89. The van der Waals surface area contributed by atoms with Gasteiger partial charge in [0.05, 0.1) is 29.2 Å². The Bertz CT molecular complexity index is 988. The Balaban J connectivity index is 1.81. The van der Waals surface area contributed by atoms with Crippen LogP contribution in [0.4, 0.5) is 5.69 Å². The summed E-state index contributed by atoms with van der Waals surface area (Å²) in [5.74, 6) is -1.79. The van der Waals surface area contributed by atoms with Gasteiger partial charge in [-0.2, -0.15) is 0 Å². The zero-order valence-electron chi connectivity index (χ0n) is 19.6. The Morgan fingerprint density at radius 1 is 1.30 bits per heavy atom. The Morgan fingerprint density at radius 3 is 2.61 bits per heavy atom. The number of thioether (sulfide) groups is 1. The monoisotopic (exact) mass is 537 g/mol. The van der Waals surface area contributed by atoms with Crippen LogP contribution < -0.4 is 10.6 Å². The van der Waals surface area contributed by atoms with Crippen LogP contribution in [0.3, 0.4) is 0 Å². The number of fused-ring (bicyclic) bond motifs is 1. The number of rotatable bonds is 6. The number of aryl methyl sites for hydroxylation is 2. The summed E-state index contributed by atoms with van der Waals surface area (Å²) < 4.78 is -0.725. The van der Waals surface area contributed by atoms with Crippen molar-refractivity contribution in [3.8, 4) is 0 Å². The molecule has 0 radical (unpaired) electrons. The minimum Gasteiger partial charge on any atom is -0.394 e. The Hall–Kier alpha value is -1.58. The number of anilines is 1. The number of hydrogen-bond acceptors (Lipinski definition) is 5. The standard InChI is InChI=1S/C24H32BrN3O4S/c1-11(2)16(10-29)28-20(22(31)27-15-8-12(3)6-7-13(15)4)24-9-14(25)19(33-24)17(21(30)26-5)18(24)23(28)32/h6-8,11,14,16-20,29H,9-10H2,1-5H3,(H,26,30)(H,27,31)/t14?,16-,17-,18-,19-,20?,24?/m0/s1. The lowest BCUT2D eigenvalue weighted by Crippen LogP contribution is -2.56. The van der Waals surface area contributed by atoms with E-state index in [1.807, 2.05) is 45.9 Å². The van der Waals surface area contributed by atoms with Crippen LogP contribution in [0.25, 0.3) is 0 Å². The lowest BCUT2D eigenvalue weighted by Gasteiger charge is -2.38. The zero-order chi connectivity index (χ0) is 24.2. The third-order valence-electron chi connectivity index (χ3n) is 7.49. The van der Waals surface area contributed by atoms with Gasteiger partial charge in [0.15, 0.2) is 0 Å². The summed E-state index contributed by atoms with van der Waals surface area (Å²) >= 11 is 5.34. The van der Waals surface area contributed by atoms with E-state index < -0.39 is 28.7 Å². The second-order valence-corrected chi connectivity index (χ2v) is 12.5. The molecular weight excluding hydrogens is 506 g/mol. The number of nitrogens with zero attached hydrogens (tertiary/aromatic N) is 1. The molecule has 2 bridgehead atoms. The van der Waals surface area contributed by atoms with E-state index in [4.69, 9.17) is 0 Å². The van der Waals surface area contributed by atoms with Gasteiger partial charge in [0.1, 0.15) is 6.04 Å². The number of aliphatic hydroxyl groups is 1. The molecule has 3 fully saturated rings. The van der Waals surface area contributed by atoms with Crippen molar-refractivity contribution in [1.82, 2.24) is 10.2 Å². The van der Waals surface area contributed by atoms with Crippen molar-refractivity contribution in [3.63, 3.8) is 0 Å². The molecule has 180 valence electrons. The van der Waals surface area contributed by atoms with E-state index in [2.05, 4.69) is 26.6 Å².